The summed E-state index contributed by atoms with van der Waals surface area (Å²) in [7, 11) is 1.60. The summed E-state index contributed by atoms with van der Waals surface area (Å²) < 4.78 is 10.7. The molecule has 0 aliphatic rings. The Morgan fingerprint density at radius 1 is 1.28 bits per heavy atom. The Morgan fingerprint density at radius 3 is 2.67 bits per heavy atom. The van der Waals surface area contributed by atoms with Gasteiger partial charge in [-0.3, -0.25) is 4.79 Å². The summed E-state index contributed by atoms with van der Waals surface area (Å²) in [5.41, 5.74) is 0. The van der Waals surface area contributed by atoms with Crippen molar-refractivity contribution in [1.29, 1.82) is 0 Å². The molecule has 0 aromatic heterocycles. The van der Waals surface area contributed by atoms with Crippen molar-refractivity contribution in [3.63, 3.8) is 0 Å². The molecule has 18 heavy (non-hydrogen) atoms. The van der Waals surface area contributed by atoms with Crippen LogP contribution in [0.15, 0.2) is 24.3 Å². The molecule has 0 bridgehead atoms. The number of benzene rings is 1. The van der Waals surface area contributed by atoms with E-state index in [9.17, 15) is 4.79 Å². The van der Waals surface area contributed by atoms with Crippen molar-refractivity contribution in [1.82, 2.24) is 5.32 Å². The molecule has 1 aromatic rings. The van der Waals surface area contributed by atoms with Crippen LogP contribution < -0.4 is 14.8 Å². The molecule has 2 N–H and O–H groups in total. The molecule has 100 valence electrons. The number of carboxylic acid groups (broad SMARTS) is 1. The lowest BCUT2D eigenvalue weighted by Gasteiger charge is -2.10. The number of rotatable bonds is 9. The third kappa shape index (κ3) is 5.54. The summed E-state index contributed by atoms with van der Waals surface area (Å²) >= 11 is 0. The van der Waals surface area contributed by atoms with Crippen molar-refractivity contribution in [2.45, 2.75) is 12.8 Å². The summed E-state index contributed by atoms with van der Waals surface area (Å²) in [6.07, 6.45) is 0.824. The van der Waals surface area contributed by atoms with Crippen LogP contribution in [0.1, 0.15) is 12.8 Å². The smallest absolute Gasteiger partial charge is 0.303 e. The Balaban J connectivity index is 2.12. The van der Waals surface area contributed by atoms with Gasteiger partial charge in [-0.15, -0.1) is 0 Å². The van der Waals surface area contributed by atoms with Crippen molar-refractivity contribution < 1.29 is 19.4 Å². The lowest BCUT2D eigenvalue weighted by molar-refractivity contribution is -0.137. The number of carbonyl (C=O) groups is 1. The average molecular weight is 253 g/mol. The van der Waals surface area contributed by atoms with E-state index in [1.807, 2.05) is 24.3 Å². The van der Waals surface area contributed by atoms with E-state index in [2.05, 4.69) is 5.32 Å². The number of hydrogen-bond acceptors (Lipinski definition) is 4. The second-order valence-corrected chi connectivity index (χ2v) is 3.75. The molecule has 0 unspecified atom stereocenters. The minimum atomic E-state index is -0.762. The number of hydrogen-bond donors (Lipinski definition) is 2. The zero-order chi connectivity index (χ0) is 13.2. The zero-order valence-corrected chi connectivity index (χ0v) is 10.5. The van der Waals surface area contributed by atoms with Crippen LogP contribution in [0.5, 0.6) is 11.5 Å². The zero-order valence-electron chi connectivity index (χ0n) is 10.5. The molecule has 0 fully saturated rings. The van der Waals surface area contributed by atoms with Crippen molar-refractivity contribution in [3.05, 3.63) is 24.3 Å². The lowest BCUT2D eigenvalue weighted by atomic mass is 10.3. The number of aliphatic carboxylic acids is 1. The summed E-state index contributed by atoms with van der Waals surface area (Å²) in [6.45, 7) is 1.88. The van der Waals surface area contributed by atoms with Crippen LogP contribution in [-0.2, 0) is 4.79 Å². The fourth-order valence-electron chi connectivity index (χ4n) is 1.46. The number of para-hydroxylation sites is 2. The molecular weight excluding hydrogens is 234 g/mol. The van der Waals surface area contributed by atoms with Crippen molar-refractivity contribution in [2.24, 2.45) is 0 Å². The molecule has 1 rings (SSSR count). The minimum Gasteiger partial charge on any atom is -0.493 e. The Hall–Kier alpha value is -1.75. The van der Waals surface area contributed by atoms with Gasteiger partial charge in [-0.2, -0.15) is 0 Å². The normalized spacial score (nSPS) is 10.1. The summed E-state index contributed by atoms with van der Waals surface area (Å²) in [6, 6.07) is 7.47. The highest BCUT2D eigenvalue weighted by Crippen LogP contribution is 2.25. The SMILES string of the molecule is COc1ccccc1OCCNCCCC(=O)O. The van der Waals surface area contributed by atoms with Gasteiger partial charge in [0.05, 0.1) is 7.11 Å². The minimum absolute atomic E-state index is 0.195. The topological polar surface area (TPSA) is 67.8 Å². The van der Waals surface area contributed by atoms with Crippen LogP contribution in [0.3, 0.4) is 0 Å². The fourth-order valence-corrected chi connectivity index (χ4v) is 1.46. The molecule has 0 atom stereocenters. The third-order valence-electron chi connectivity index (χ3n) is 2.35. The van der Waals surface area contributed by atoms with E-state index in [0.717, 1.165) is 0 Å². The van der Waals surface area contributed by atoms with E-state index in [-0.39, 0.29) is 6.42 Å². The first-order chi connectivity index (χ1) is 8.74. The first kappa shape index (κ1) is 14.3. The second-order valence-electron chi connectivity index (χ2n) is 3.75. The highest BCUT2D eigenvalue weighted by atomic mass is 16.5. The van der Waals surface area contributed by atoms with Crippen LogP contribution in [0.4, 0.5) is 0 Å². The van der Waals surface area contributed by atoms with E-state index >= 15 is 0 Å². The second kappa shape index (κ2) is 8.36. The van der Waals surface area contributed by atoms with Gasteiger partial charge in [0.25, 0.3) is 0 Å². The van der Waals surface area contributed by atoms with Gasteiger partial charge < -0.3 is 19.9 Å². The monoisotopic (exact) mass is 253 g/mol. The third-order valence-corrected chi connectivity index (χ3v) is 2.35. The van der Waals surface area contributed by atoms with Crippen molar-refractivity contribution >= 4 is 5.97 Å². The van der Waals surface area contributed by atoms with Crippen LogP contribution in [0, 0.1) is 0 Å². The van der Waals surface area contributed by atoms with Gasteiger partial charge in [0, 0.05) is 13.0 Å². The first-order valence-electron chi connectivity index (χ1n) is 5.92. The standard InChI is InChI=1S/C13H19NO4/c1-17-11-5-2-3-6-12(11)18-10-9-14-8-4-7-13(15)16/h2-3,5-6,14H,4,7-10H2,1H3,(H,15,16). The highest BCUT2D eigenvalue weighted by Gasteiger charge is 2.01. The van der Waals surface area contributed by atoms with Gasteiger partial charge in [-0.05, 0) is 25.1 Å². The molecule has 0 aliphatic heterocycles. The molecular formula is C13H19NO4. The fraction of sp³-hybridized carbons (Fsp3) is 0.462. The van der Waals surface area contributed by atoms with Crippen LogP contribution in [0.25, 0.3) is 0 Å². The molecule has 0 saturated carbocycles. The molecule has 5 heteroatoms. The van der Waals surface area contributed by atoms with Crippen LogP contribution in [-0.4, -0.2) is 37.9 Å². The predicted molar refractivity (Wildman–Crippen MR) is 68.2 cm³/mol. The number of carboxylic acids is 1. The Bertz CT molecular complexity index is 368. The van der Waals surface area contributed by atoms with E-state index in [0.29, 0.717) is 37.6 Å². The number of nitrogens with one attached hydrogen (secondary N) is 1. The van der Waals surface area contributed by atoms with Gasteiger partial charge >= 0.3 is 5.97 Å². The maximum absolute atomic E-state index is 10.3. The number of methoxy groups -OCH3 is 1. The molecule has 0 radical (unpaired) electrons. The number of ether oxygens (including phenoxy) is 2. The molecule has 0 amide bonds. The van der Waals surface area contributed by atoms with Gasteiger partial charge in [0.1, 0.15) is 6.61 Å². The van der Waals surface area contributed by atoms with E-state index in [1.54, 1.807) is 7.11 Å². The Morgan fingerprint density at radius 2 is 2.00 bits per heavy atom. The molecule has 0 saturated heterocycles. The van der Waals surface area contributed by atoms with Crippen molar-refractivity contribution in [2.75, 3.05) is 26.8 Å². The highest BCUT2D eigenvalue weighted by molar-refractivity contribution is 5.66. The largest absolute Gasteiger partial charge is 0.493 e. The Labute approximate surface area is 107 Å². The summed E-state index contributed by atoms with van der Waals surface area (Å²) in [5, 5.41) is 11.6. The average Bonchev–Trinajstić information content (AvgIpc) is 2.37. The van der Waals surface area contributed by atoms with E-state index < -0.39 is 5.97 Å². The maximum atomic E-state index is 10.3. The molecule has 1 aromatic carbocycles. The first-order valence-corrected chi connectivity index (χ1v) is 5.92. The van der Waals surface area contributed by atoms with Gasteiger partial charge in [-0.25, -0.2) is 0 Å². The molecule has 5 nitrogen and oxygen atoms in total. The van der Waals surface area contributed by atoms with E-state index in [4.69, 9.17) is 14.6 Å². The Kier molecular flexibility index (Phi) is 6.64. The molecule has 0 heterocycles. The van der Waals surface area contributed by atoms with Crippen LogP contribution >= 0.6 is 0 Å². The van der Waals surface area contributed by atoms with E-state index in [1.165, 1.54) is 0 Å². The molecule has 0 spiro atoms. The lowest BCUT2D eigenvalue weighted by Crippen LogP contribution is -2.22. The summed E-state index contributed by atoms with van der Waals surface area (Å²) in [5.74, 6) is 0.665. The summed E-state index contributed by atoms with van der Waals surface area (Å²) in [4.78, 5) is 10.3. The van der Waals surface area contributed by atoms with Gasteiger partial charge in [-0.1, -0.05) is 12.1 Å². The van der Waals surface area contributed by atoms with Gasteiger partial charge in [0.2, 0.25) is 0 Å². The van der Waals surface area contributed by atoms with Crippen LogP contribution in [0.2, 0.25) is 0 Å². The van der Waals surface area contributed by atoms with Gasteiger partial charge in [0.15, 0.2) is 11.5 Å². The quantitative estimate of drug-likeness (QED) is 0.653. The maximum Gasteiger partial charge on any atom is 0.303 e. The molecule has 0 aliphatic carbocycles. The predicted octanol–water partition coefficient (Wildman–Crippen LogP) is 1.53. The van der Waals surface area contributed by atoms with Crippen molar-refractivity contribution in [3.8, 4) is 11.5 Å².